The highest BCUT2D eigenvalue weighted by atomic mass is 35.5. The van der Waals surface area contributed by atoms with Crippen LogP contribution in [-0.2, 0) is 15.1 Å². The molecular formula is C21H31ClN2O3. The number of halogens is 1. The van der Waals surface area contributed by atoms with E-state index in [9.17, 15) is 4.79 Å². The normalized spacial score (nSPS) is 33.4. The van der Waals surface area contributed by atoms with Crippen LogP contribution in [0.15, 0.2) is 24.3 Å². The summed E-state index contributed by atoms with van der Waals surface area (Å²) in [5.74, 6) is 1.20. The molecule has 27 heavy (non-hydrogen) atoms. The van der Waals surface area contributed by atoms with Gasteiger partial charge in [0, 0.05) is 50.8 Å². The molecule has 1 saturated carbocycles. The summed E-state index contributed by atoms with van der Waals surface area (Å²) < 4.78 is 11.8. The van der Waals surface area contributed by atoms with Crippen LogP contribution in [0.5, 0.6) is 0 Å². The number of nitrogens with zero attached hydrogens (tertiary/aromatic N) is 1. The number of hydrogen-bond acceptors (Lipinski definition) is 4. The number of likely N-dealkylation sites (tertiary alicyclic amines) is 1. The van der Waals surface area contributed by atoms with Crippen LogP contribution in [0.1, 0.15) is 41.6 Å². The molecule has 0 spiro atoms. The molecule has 2 aliphatic heterocycles. The highest BCUT2D eigenvalue weighted by Gasteiger charge is 2.53. The number of hydrogen-bond donors (Lipinski definition) is 1. The second kappa shape index (κ2) is 8.48. The van der Waals surface area contributed by atoms with E-state index < -0.39 is 0 Å². The molecule has 0 aromatic heterocycles. The maximum Gasteiger partial charge on any atom is 0.248 e. The van der Waals surface area contributed by atoms with Crippen molar-refractivity contribution in [2.75, 3.05) is 40.0 Å². The molecule has 2 bridgehead atoms. The molecule has 2 N–H and O–H groups in total. The molecule has 3 aliphatic rings. The zero-order valence-corrected chi connectivity index (χ0v) is 16.9. The summed E-state index contributed by atoms with van der Waals surface area (Å²) in [6, 6.07) is 7.80. The molecule has 3 fully saturated rings. The molecule has 1 aromatic carbocycles. The largest absolute Gasteiger partial charge is 0.381 e. The minimum Gasteiger partial charge on any atom is -0.381 e. The van der Waals surface area contributed by atoms with Crippen molar-refractivity contribution in [3.8, 4) is 0 Å². The smallest absolute Gasteiger partial charge is 0.248 e. The first-order valence-corrected chi connectivity index (χ1v) is 9.89. The van der Waals surface area contributed by atoms with Gasteiger partial charge in [-0.1, -0.05) is 18.6 Å². The van der Waals surface area contributed by atoms with Gasteiger partial charge in [0.05, 0.1) is 6.61 Å². The van der Waals surface area contributed by atoms with Crippen molar-refractivity contribution in [3.05, 3.63) is 35.4 Å². The van der Waals surface area contributed by atoms with Crippen molar-refractivity contribution in [2.45, 2.75) is 31.3 Å². The van der Waals surface area contributed by atoms with Gasteiger partial charge in [-0.15, -0.1) is 12.4 Å². The third-order valence-electron chi connectivity index (χ3n) is 6.75. The zero-order chi connectivity index (χ0) is 18.1. The van der Waals surface area contributed by atoms with E-state index in [1.165, 1.54) is 25.7 Å². The summed E-state index contributed by atoms with van der Waals surface area (Å²) in [6.07, 6.45) is 4.78. The second-order valence-corrected chi connectivity index (χ2v) is 8.22. The van der Waals surface area contributed by atoms with Crippen LogP contribution in [0.2, 0.25) is 0 Å². The Bertz CT molecular complexity index is 649. The van der Waals surface area contributed by atoms with Gasteiger partial charge in [-0.3, -0.25) is 4.79 Å². The molecule has 1 aromatic rings. The van der Waals surface area contributed by atoms with Gasteiger partial charge in [0.25, 0.3) is 0 Å². The quantitative estimate of drug-likeness (QED) is 0.834. The number of carbonyl (C=O) groups excluding carboxylic acids is 1. The third kappa shape index (κ3) is 3.75. The molecular weight excluding hydrogens is 364 g/mol. The van der Waals surface area contributed by atoms with Crippen LogP contribution < -0.4 is 5.73 Å². The standard InChI is InChI=1S/C21H30N2O3.ClH/c1-25-21(17-5-2-4-16(10-17)20(22)24)18-6-3-7-19(21)13-23(12-18)11-15-8-9-26-14-15;/h2,4-5,10,15,18-19H,3,6-9,11-14H2,1H3,(H2,22,24);1H/t15?,18-,19+,21?;. The average Bonchev–Trinajstić information content (AvgIpc) is 3.14. The Hall–Kier alpha value is -1.14. The maximum absolute atomic E-state index is 11.7. The van der Waals surface area contributed by atoms with Crippen molar-refractivity contribution in [1.82, 2.24) is 4.90 Å². The van der Waals surface area contributed by atoms with Gasteiger partial charge in [-0.05, 0) is 42.9 Å². The fraction of sp³-hybridized carbons (Fsp3) is 0.667. The Labute approximate surface area is 168 Å². The molecule has 4 rings (SSSR count). The minimum absolute atomic E-state index is 0. The van der Waals surface area contributed by atoms with Gasteiger partial charge in [-0.25, -0.2) is 0 Å². The molecule has 5 nitrogen and oxygen atoms in total. The van der Waals surface area contributed by atoms with Crippen LogP contribution in [0, 0.1) is 17.8 Å². The number of piperidine rings is 1. The number of amides is 1. The monoisotopic (exact) mass is 394 g/mol. The Morgan fingerprint density at radius 3 is 2.63 bits per heavy atom. The fourth-order valence-electron chi connectivity index (χ4n) is 5.60. The topological polar surface area (TPSA) is 64.8 Å². The predicted molar refractivity (Wildman–Crippen MR) is 107 cm³/mol. The molecule has 150 valence electrons. The van der Waals surface area contributed by atoms with Gasteiger partial charge in [0.1, 0.15) is 5.60 Å². The number of primary amides is 1. The number of ether oxygens (including phenoxy) is 2. The molecule has 1 aliphatic carbocycles. The number of carbonyl (C=O) groups is 1. The molecule has 2 unspecified atom stereocenters. The van der Waals surface area contributed by atoms with E-state index in [1.807, 2.05) is 19.2 Å². The fourth-order valence-corrected chi connectivity index (χ4v) is 5.60. The Morgan fingerprint density at radius 1 is 1.30 bits per heavy atom. The summed E-state index contributed by atoms with van der Waals surface area (Å²) in [4.78, 5) is 14.3. The van der Waals surface area contributed by atoms with Gasteiger partial charge < -0.3 is 20.1 Å². The van der Waals surface area contributed by atoms with Crippen molar-refractivity contribution in [1.29, 1.82) is 0 Å². The first-order chi connectivity index (χ1) is 12.6. The van der Waals surface area contributed by atoms with E-state index in [0.29, 0.717) is 23.3 Å². The number of nitrogens with two attached hydrogens (primary N) is 1. The number of fused-ring (bicyclic) bond motifs is 2. The first-order valence-electron chi connectivity index (χ1n) is 9.89. The van der Waals surface area contributed by atoms with Gasteiger partial charge >= 0.3 is 0 Å². The number of methoxy groups -OCH3 is 1. The van der Waals surface area contributed by atoms with Gasteiger partial charge in [0.2, 0.25) is 5.91 Å². The minimum atomic E-state index is -0.373. The highest BCUT2D eigenvalue weighted by Crippen LogP contribution is 2.51. The van der Waals surface area contributed by atoms with Crippen molar-refractivity contribution in [2.24, 2.45) is 23.5 Å². The number of rotatable bonds is 5. The molecule has 4 atom stereocenters. The molecule has 2 saturated heterocycles. The van der Waals surface area contributed by atoms with E-state index in [4.69, 9.17) is 15.2 Å². The Morgan fingerprint density at radius 2 is 2.04 bits per heavy atom. The van der Waals surface area contributed by atoms with Crippen LogP contribution in [0.4, 0.5) is 0 Å². The van der Waals surface area contributed by atoms with Gasteiger partial charge in [0.15, 0.2) is 0 Å². The van der Waals surface area contributed by atoms with Crippen LogP contribution in [0.3, 0.4) is 0 Å². The van der Waals surface area contributed by atoms with Crippen LogP contribution in [-0.4, -0.2) is 50.8 Å². The van der Waals surface area contributed by atoms with E-state index >= 15 is 0 Å². The first kappa shape index (κ1) is 20.6. The lowest BCUT2D eigenvalue weighted by atomic mass is 9.62. The lowest BCUT2D eigenvalue weighted by Crippen LogP contribution is -2.59. The van der Waals surface area contributed by atoms with E-state index in [1.54, 1.807) is 6.07 Å². The second-order valence-electron chi connectivity index (χ2n) is 8.22. The molecule has 6 heteroatoms. The highest BCUT2D eigenvalue weighted by molar-refractivity contribution is 5.92. The average molecular weight is 395 g/mol. The molecule has 0 radical (unpaired) electrons. The third-order valence-corrected chi connectivity index (χ3v) is 6.75. The van der Waals surface area contributed by atoms with E-state index in [-0.39, 0.29) is 23.9 Å². The van der Waals surface area contributed by atoms with Gasteiger partial charge in [-0.2, -0.15) is 0 Å². The summed E-state index contributed by atoms with van der Waals surface area (Å²) in [5.41, 5.74) is 6.92. The predicted octanol–water partition coefficient (Wildman–Crippen LogP) is 2.82. The lowest BCUT2D eigenvalue weighted by molar-refractivity contribution is -0.170. The van der Waals surface area contributed by atoms with Crippen molar-refractivity contribution >= 4 is 18.3 Å². The van der Waals surface area contributed by atoms with Crippen LogP contribution >= 0.6 is 12.4 Å². The summed E-state index contributed by atoms with van der Waals surface area (Å²) in [7, 11) is 1.84. The number of benzene rings is 1. The van der Waals surface area contributed by atoms with E-state index in [0.717, 1.165) is 38.4 Å². The zero-order valence-electron chi connectivity index (χ0n) is 16.1. The lowest BCUT2D eigenvalue weighted by Gasteiger charge is -2.55. The van der Waals surface area contributed by atoms with E-state index in [2.05, 4.69) is 11.0 Å². The summed E-state index contributed by atoms with van der Waals surface area (Å²) in [5, 5.41) is 0. The molecule has 1 amide bonds. The Balaban J connectivity index is 0.00000210. The molecule has 2 heterocycles. The summed E-state index contributed by atoms with van der Waals surface area (Å²) >= 11 is 0. The SMILES string of the molecule is COC1(c2cccc(C(N)=O)c2)[C@@H]2CCC[C@H]1CN(CC1CCOC1)C2.Cl. The maximum atomic E-state index is 11.7. The van der Waals surface area contributed by atoms with Crippen LogP contribution in [0.25, 0.3) is 0 Å². The summed E-state index contributed by atoms with van der Waals surface area (Å²) in [6.45, 7) is 5.06. The van der Waals surface area contributed by atoms with Crippen molar-refractivity contribution in [3.63, 3.8) is 0 Å². The van der Waals surface area contributed by atoms with Crippen molar-refractivity contribution < 1.29 is 14.3 Å². The Kier molecular flexibility index (Phi) is 6.46.